The van der Waals surface area contributed by atoms with E-state index in [0.29, 0.717) is 11.7 Å². The number of nitrogens with two attached hydrogens (primary N) is 1. The van der Waals surface area contributed by atoms with E-state index in [4.69, 9.17) is 10.8 Å². The second-order valence-corrected chi connectivity index (χ2v) is 8.08. The van der Waals surface area contributed by atoms with Gasteiger partial charge in [0.25, 0.3) is 0 Å². The first-order chi connectivity index (χ1) is 9.67. The quantitative estimate of drug-likeness (QED) is 0.562. The highest BCUT2D eigenvalue weighted by Gasteiger charge is 2.21. The van der Waals surface area contributed by atoms with Crippen LogP contribution in [0, 0.1) is 0 Å². The van der Waals surface area contributed by atoms with Crippen molar-refractivity contribution in [2.75, 3.05) is 5.43 Å². The highest BCUT2D eigenvalue weighted by atomic mass is 79.9. The molecule has 0 amide bonds. The van der Waals surface area contributed by atoms with Gasteiger partial charge in [-0.1, -0.05) is 12.8 Å². The van der Waals surface area contributed by atoms with E-state index in [-0.39, 0.29) is 0 Å². The molecule has 7 heteroatoms. The van der Waals surface area contributed by atoms with Crippen LogP contribution in [0.3, 0.4) is 0 Å². The Labute approximate surface area is 138 Å². The van der Waals surface area contributed by atoms with Gasteiger partial charge in [0.1, 0.15) is 5.82 Å². The smallest absolute Gasteiger partial charge is 0.171 e. The van der Waals surface area contributed by atoms with E-state index in [1.165, 1.54) is 25.7 Å². The zero-order valence-electron chi connectivity index (χ0n) is 10.7. The largest absolute Gasteiger partial charge is 0.308 e. The van der Waals surface area contributed by atoms with Gasteiger partial charge >= 0.3 is 0 Å². The van der Waals surface area contributed by atoms with Crippen LogP contribution in [0.25, 0.3) is 10.7 Å². The summed E-state index contributed by atoms with van der Waals surface area (Å²) in [6.07, 6.45) is 4.98. The Morgan fingerprint density at radius 3 is 2.55 bits per heavy atom. The van der Waals surface area contributed by atoms with E-state index in [9.17, 15) is 0 Å². The van der Waals surface area contributed by atoms with Crippen LogP contribution in [0.4, 0.5) is 5.82 Å². The molecule has 3 rings (SSSR count). The fourth-order valence-corrected chi connectivity index (χ4v) is 4.51. The maximum Gasteiger partial charge on any atom is 0.171 e. The van der Waals surface area contributed by atoms with Crippen molar-refractivity contribution in [3.05, 3.63) is 26.1 Å². The van der Waals surface area contributed by atoms with E-state index < -0.39 is 0 Å². The van der Waals surface area contributed by atoms with Crippen molar-refractivity contribution in [1.29, 1.82) is 0 Å². The topological polar surface area (TPSA) is 63.8 Å². The molecule has 1 saturated carbocycles. The van der Waals surface area contributed by atoms with Gasteiger partial charge in [-0.05, 0) is 50.8 Å². The number of hydrogen-bond donors (Lipinski definition) is 2. The molecule has 3 N–H and O–H groups in total. The maximum atomic E-state index is 5.54. The van der Waals surface area contributed by atoms with E-state index >= 15 is 0 Å². The third-order valence-electron chi connectivity index (χ3n) is 3.53. The Morgan fingerprint density at radius 2 is 1.95 bits per heavy atom. The van der Waals surface area contributed by atoms with Crippen molar-refractivity contribution in [3.8, 4) is 10.7 Å². The molecule has 1 aliphatic carbocycles. The number of rotatable bonds is 3. The van der Waals surface area contributed by atoms with Gasteiger partial charge in [0, 0.05) is 22.2 Å². The van der Waals surface area contributed by atoms with Gasteiger partial charge < -0.3 is 5.43 Å². The summed E-state index contributed by atoms with van der Waals surface area (Å²) in [6.45, 7) is 0. The summed E-state index contributed by atoms with van der Waals surface area (Å²) in [5, 5.41) is 0. The number of thiophene rings is 1. The van der Waals surface area contributed by atoms with E-state index in [2.05, 4.69) is 42.3 Å². The molecule has 0 atom stereocenters. The third kappa shape index (κ3) is 2.90. The van der Waals surface area contributed by atoms with Crippen molar-refractivity contribution in [1.82, 2.24) is 9.97 Å². The number of nitrogens with zero attached hydrogens (tertiary/aromatic N) is 2. The Kier molecular flexibility index (Phi) is 4.40. The molecule has 0 saturated heterocycles. The first kappa shape index (κ1) is 14.4. The van der Waals surface area contributed by atoms with Crippen LogP contribution in [0.5, 0.6) is 0 Å². The van der Waals surface area contributed by atoms with Crippen molar-refractivity contribution in [2.45, 2.75) is 31.6 Å². The van der Waals surface area contributed by atoms with Crippen molar-refractivity contribution < 1.29 is 0 Å². The molecular weight excluding hydrogens is 404 g/mol. The summed E-state index contributed by atoms with van der Waals surface area (Å²) in [6, 6.07) is 4.00. The number of anilines is 1. The van der Waals surface area contributed by atoms with Gasteiger partial charge in [0.05, 0.1) is 8.66 Å². The lowest BCUT2D eigenvalue weighted by Gasteiger charge is -2.11. The lowest BCUT2D eigenvalue weighted by atomic mass is 10.0. The molecule has 2 aromatic rings. The van der Waals surface area contributed by atoms with Crippen molar-refractivity contribution in [3.63, 3.8) is 0 Å². The van der Waals surface area contributed by atoms with Crippen LogP contribution in [0.1, 0.15) is 37.3 Å². The zero-order chi connectivity index (χ0) is 14.1. The molecule has 2 aromatic heterocycles. The molecular formula is C13H14Br2N4S. The predicted molar refractivity (Wildman–Crippen MR) is 89.8 cm³/mol. The second-order valence-electron chi connectivity index (χ2n) is 4.86. The van der Waals surface area contributed by atoms with Gasteiger partial charge in [-0.25, -0.2) is 15.8 Å². The number of nitrogen functional groups attached to an aromatic ring is 1. The summed E-state index contributed by atoms with van der Waals surface area (Å²) in [7, 11) is 0. The molecule has 20 heavy (non-hydrogen) atoms. The molecule has 0 unspecified atom stereocenters. The van der Waals surface area contributed by atoms with Gasteiger partial charge in [-0.3, -0.25) is 0 Å². The summed E-state index contributed by atoms with van der Waals surface area (Å²) in [5.41, 5.74) is 3.75. The van der Waals surface area contributed by atoms with Crippen molar-refractivity contribution >= 4 is 49.0 Å². The minimum atomic E-state index is 0.538. The summed E-state index contributed by atoms with van der Waals surface area (Å²) in [4.78, 5) is 10.2. The Balaban J connectivity index is 2.03. The second kappa shape index (κ2) is 6.09. The molecule has 106 valence electrons. The van der Waals surface area contributed by atoms with Crippen molar-refractivity contribution in [2.24, 2.45) is 5.84 Å². The van der Waals surface area contributed by atoms with Gasteiger partial charge in [0.2, 0.25) is 0 Å². The minimum absolute atomic E-state index is 0.538. The SMILES string of the molecule is NNc1cc(C2CCCC2)nc(-c2cc(Br)c(Br)s2)n1. The lowest BCUT2D eigenvalue weighted by Crippen LogP contribution is -2.11. The molecule has 1 fully saturated rings. The van der Waals surface area contributed by atoms with Gasteiger partial charge in [-0.15, -0.1) is 11.3 Å². The fraction of sp³-hybridized carbons (Fsp3) is 0.385. The lowest BCUT2D eigenvalue weighted by molar-refractivity contribution is 0.696. The zero-order valence-corrected chi connectivity index (χ0v) is 14.7. The predicted octanol–water partition coefficient (Wildman–Crippen LogP) is 4.67. The Hall–Kier alpha value is -0.500. The number of hydrazine groups is 1. The molecule has 0 radical (unpaired) electrons. The monoisotopic (exact) mass is 416 g/mol. The molecule has 4 nitrogen and oxygen atoms in total. The number of aromatic nitrogens is 2. The summed E-state index contributed by atoms with van der Waals surface area (Å²) in [5.74, 6) is 7.49. The van der Waals surface area contributed by atoms with Crippen LogP contribution < -0.4 is 11.3 Å². The van der Waals surface area contributed by atoms with Crippen LogP contribution >= 0.6 is 43.2 Å². The van der Waals surface area contributed by atoms with Gasteiger partial charge in [0.15, 0.2) is 5.82 Å². The average Bonchev–Trinajstić information content (AvgIpc) is 3.09. The highest BCUT2D eigenvalue weighted by molar-refractivity contribution is 9.13. The molecule has 2 heterocycles. The van der Waals surface area contributed by atoms with E-state index in [1.54, 1.807) is 11.3 Å². The van der Waals surface area contributed by atoms with Gasteiger partial charge in [-0.2, -0.15) is 0 Å². The highest BCUT2D eigenvalue weighted by Crippen LogP contribution is 2.39. The van der Waals surface area contributed by atoms with Crippen LogP contribution in [-0.4, -0.2) is 9.97 Å². The van der Waals surface area contributed by atoms with E-state index in [0.717, 1.165) is 24.7 Å². The summed E-state index contributed by atoms with van der Waals surface area (Å²) < 4.78 is 2.07. The number of halogens is 2. The fourth-order valence-electron chi connectivity index (χ4n) is 2.54. The molecule has 0 bridgehead atoms. The molecule has 0 aliphatic heterocycles. The summed E-state index contributed by atoms with van der Waals surface area (Å²) >= 11 is 8.62. The van der Waals surface area contributed by atoms with E-state index in [1.807, 2.05) is 12.1 Å². The van der Waals surface area contributed by atoms with Crippen LogP contribution in [-0.2, 0) is 0 Å². The molecule has 0 spiro atoms. The Bertz CT molecular complexity index is 603. The average molecular weight is 418 g/mol. The first-order valence-electron chi connectivity index (χ1n) is 6.48. The molecule has 1 aliphatic rings. The van der Waals surface area contributed by atoms with Crippen LogP contribution in [0.15, 0.2) is 20.4 Å². The maximum absolute atomic E-state index is 5.54. The van der Waals surface area contributed by atoms with Crippen LogP contribution in [0.2, 0.25) is 0 Å². The third-order valence-corrected chi connectivity index (χ3v) is 6.79. The standard InChI is InChI=1S/C13H14Br2N4S/c14-8-5-10(20-12(8)15)13-17-9(6-11(18-13)19-16)7-3-1-2-4-7/h5-7H,1-4,16H2,(H,17,18,19). The minimum Gasteiger partial charge on any atom is -0.308 e. The number of nitrogens with one attached hydrogen (secondary N) is 1. The molecule has 0 aromatic carbocycles. The first-order valence-corrected chi connectivity index (χ1v) is 8.88. The Morgan fingerprint density at radius 1 is 1.20 bits per heavy atom. The number of hydrogen-bond acceptors (Lipinski definition) is 5. The normalized spacial score (nSPS) is 15.8.